The molecule has 0 saturated heterocycles. The maximum absolute atomic E-state index is 8.35. The molecule has 0 aliphatic heterocycles. The molecule has 0 aliphatic rings. The van der Waals surface area contributed by atoms with Gasteiger partial charge in [-0.05, 0) is 0 Å². The minimum absolute atomic E-state index is 0. The van der Waals surface area contributed by atoms with Crippen LogP contribution in [0.2, 0.25) is 0 Å². The standard InChI is InChI=1S/CH2O.Na.HO2P/c1-2;;1-3-2/h1H2;;(H,1,2)/q;+1;/p-1. The van der Waals surface area contributed by atoms with E-state index in [1.54, 1.807) is 0 Å². The van der Waals surface area contributed by atoms with E-state index in [9.17, 15) is 0 Å². The molecule has 0 aliphatic carbocycles. The molecular weight excluding hydrogens is 114 g/mol. The van der Waals surface area contributed by atoms with Gasteiger partial charge in [0.05, 0.1) is 8.69 Å². The number of hydrogen-bond acceptors (Lipinski definition) is 3. The van der Waals surface area contributed by atoms with Crippen LogP contribution in [-0.4, -0.2) is 6.79 Å². The maximum atomic E-state index is 8.35. The Morgan fingerprint density at radius 3 is 1.50 bits per heavy atom. The van der Waals surface area contributed by atoms with Gasteiger partial charge in [-0.2, -0.15) is 0 Å². The van der Waals surface area contributed by atoms with Crippen molar-refractivity contribution in [1.29, 1.82) is 0 Å². The molecule has 0 N–H and O–H groups in total. The van der Waals surface area contributed by atoms with Crippen molar-refractivity contribution >= 4 is 15.5 Å². The minimum atomic E-state index is -1.08. The molecule has 0 aromatic heterocycles. The fourth-order valence-electron chi connectivity index (χ4n) is 0. The molecule has 30 valence electrons. The van der Waals surface area contributed by atoms with Gasteiger partial charge in [0.25, 0.3) is 0 Å². The van der Waals surface area contributed by atoms with Crippen LogP contribution < -0.4 is 34.5 Å². The summed E-state index contributed by atoms with van der Waals surface area (Å²) in [4.78, 5) is 16.3. The van der Waals surface area contributed by atoms with Crippen LogP contribution in [0.1, 0.15) is 0 Å². The van der Waals surface area contributed by atoms with Crippen molar-refractivity contribution in [3.8, 4) is 0 Å². The Balaban J connectivity index is -0.0000000275. The van der Waals surface area contributed by atoms with Crippen LogP contribution in [0.15, 0.2) is 0 Å². The Hall–Kier alpha value is 0.730. The van der Waals surface area contributed by atoms with E-state index < -0.39 is 8.69 Å². The first-order valence-corrected chi connectivity index (χ1v) is 1.38. The minimum Gasteiger partial charge on any atom is -0.772 e. The average Bonchev–Trinajstić information content (AvgIpc) is 1.46. The zero-order valence-corrected chi connectivity index (χ0v) is 6.27. The third-order valence-corrected chi connectivity index (χ3v) is 0. The zero-order valence-electron chi connectivity index (χ0n) is 3.38. The Bertz CT molecular complexity index is 24.8. The van der Waals surface area contributed by atoms with E-state index in [0.29, 0.717) is 0 Å². The third-order valence-electron chi connectivity index (χ3n) is 0. The normalized spacial score (nSPS) is 4.17. The summed E-state index contributed by atoms with van der Waals surface area (Å²) in [5.41, 5.74) is 0. The molecule has 3 nitrogen and oxygen atoms in total. The summed E-state index contributed by atoms with van der Waals surface area (Å²) in [5.74, 6) is 0. The maximum Gasteiger partial charge on any atom is 1.00 e. The molecule has 0 atom stereocenters. The smallest absolute Gasteiger partial charge is 0.772 e. The molecule has 0 unspecified atom stereocenters. The first kappa shape index (κ1) is 15.9. The summed E-state index contributed by atoms with van der Waals surface area (Å²) in [6.45, 7) is 2.00. The Morgan fingerprint density at radius 2 is 1.50 bits per heavy atom. The van der Waals surface area contributed by atoms with Crippen LogP contribution in [0.5, 0.6) is 0 Å². The second kappa shape index (κ2) is 42.8. The van der Waals surface area contributed by atoms with Crippen LogP contribution in [-0.2, 0) is 9.36 Å². The summed E-state index contributed by atoms with van der Waals surface area (Å²) >= 11 is 0. The van der Waals surface area contributed by atoms with Gasteiger partial charge in [-0.25, -0.2) is 0 Å². The van der Waals surface area contributed by atoms with E-state index in [1.165, 1.54) is 0 Å². The van der Waals surface area contributed by atoms with Crippen molar-refractivity contribution < 1.29 is 43.8 Å². The monoisotopic (exact) mass is 116 g/mol. The molecule has 0 aromatic rings. The SMILES string of the molecule is C=O.O=P[O-].[Na+]. The second-order valence-corrected chi connectivity index (χ2v) is 0.224. The van der Waals surface area contributed by atoms with Gasteiger partial charge >= 0.3 is 29.6 Å². The largest absolute Gasteiger partial charge is 1.00 e. The van der Waals surface area contributed by atoms with Gasteiger partial charge in [0.15, 0.2) is 0 Å². The summed E-state index contributed by atoms with van der Waals surface area (Å²) < 4.78 is 8.35. The molecule has 6 heavy (non-hydrogen) atoms. The molecule has 0 rings (SSSR count). The number of carbonyl (C=O) groups excluding carboxylic acids is 1. The molecule has 0 bridgehead atoms. The van der Waals surface area contributed by atoms with E-state index in [4.69, 9.17) is 14.3 Å². The van der Waals surface area contributed by atoms with E-state index in [-0.39, 0.29) is 29.6 Å². The molecule has 0 saturated carbocycles. The van der Waals surface area contributed by atoms with Gasteiger partial charge in [-0.3, -0.25) is 4.57 Å². The van der Waals surface area contributed by atoms with Crippen molar-refractivity contribution in [3.63, 3.8) is 0 Å². The molecule has 0 heterocycles. The van der Waals surface area contributed by atoms with Crippen molar-refractivity contribution in [3.05, 3.63) is 0 Å². The van der Waals surface area contributed by atoms with Gasteiger partial charge in [-0.15, -0.1) is 0 Å². The Morgan fingerprint density at radius 1 is 1.50 bits per heavy atom. The van der Waals surface area contributed by atoms with Gasteiger partial charge in [0.1, 0.15) is 6.79 Å². The van der Waals surface area contributed by atoms with E-state index in [0.717, 1.165) is 0 Å². The summed E-state index contributed by atoms with van der Waals surface area (Å²) in [7, 11) is -1.08. The van der Waals surface area contributed by atoms with Crippen LogP contribution in [0.4, 0.5) is 0 Å². The molecule has 0 fully saturated rings. The first-order valence-electron chi connectivity index (χ1n) is 0.654. The van der Waals surface area contributed by atoms with Gasteiger partial charge < -0.3 is 9.69 Å². The predicted molar refractivity (Wildman–Crippen MR) is 14.7 cm³/mol. The van der Waals surface area contributed by atoms with Gasteiger partial charge in [0.2, 0.25) is 0 Å². The number of hydrogen-bond donors (Lipinski definition) is 0. The van der Waals surface area contributed by atoms with Crippen LogP contribution in [0.25, 0.3) is 0 Å². The fraction of sp³-hybridized carbons (Fsp3) is 0. The summed E-state index contributed by atoms with van der Waals surface area (Å²) in [6, 6.07) is 0. The molecule has 5 heteroatoms. The number of carbonyl (C=O) groups is 1. The predicted octanol–water partition coefficient (Wildman–Crippen LogP) is -3.63. The quantitative estimate of drug-likeness (QED) is 0.242. The van der Waals surface area contributed by atoms with Crippen LogP contribution >= 0.6 is 8.69 Å². The summed E-state index contributed by atoms with van der Waals surface area (Å²) in [6.07, 6.45) is 0. The van der Waals surface area contributed by atoms with E-state index in [2.05, 4.69) is 0 Å². The molecule has 0 aromatic carbocycles. The van der Waals surface area contributed by atoms with Crippen molar-refractivity contribution in [2.45, 2.75) is 0 Å². The van der Waals surface area contributed by atoms with E-state index >= 15 is 0 Å². The molecule has 0 amide bonds. The second-order valence-electron chi connectivity index (χ2n) is 0.0745. The van der Waals surface area contributed by atoms with Gasteiger partial charge in [-0.1, -0.05) is 0 Å². The van der Waals surface area contributed by atoms with Crippen molar-refractivity contribution in [1.82, 2.24) is 0 Å². The fourth-order valence-corrected chi connectivity index (χ4v) is 0. The van der Waals surface area contributed by atoms with Crippen molar-refractivity contribution in [2.24, 2.45) is 0 Å². The molecular formula is CH2NaO3P. The molecule has 0 radical (unpaired) electrons. The third kappa shape index (κ3) is 123. The Labute approximate surface area is 59.3 Å². The zero-order chi connectivity index (χ0) is 4.71. The summed E-state index contributed by atoms with van der Waals surface area (Å²) in [5, 5.41) is 0. The van der Waals surface area contributed by atoms with E-state index in [1.807, 2.05) is 6.79 Å². The van der Waals surface area contributed by atoms with Crippen molar-refractivity contribution in [2.75, 3.05) is 0 Å². The average molecular weight is 116 g/mol. The van der Waals surface area contributed by atoms with Gasteiger partial charge in [0, 0.05) is 0 Å². The Kier molecular flexibility index (Phi) is 113. The topological polar surface area (TPSA) is 57.2 Å². The molecule has 0 spiro atoms. The first-order chi connectivity index (χ1) is 2.41. The van der Waals surface area contributed by atoms with Crippen LogP contribution in [0, 0.1) is 0 Å². The van der Waals surface area contributed by atoms with Crippen LogP contribution in [0.3, 0.4) is 0 Å². The number of rotatable bonds is 0.